The molecular formula is C28H25NO6. The van der Waals surface area contributed by atoms with E-state index in [9.17, 15) is 14.7 Å². The number of aromatic carboxylic acids is 1. The lowest BCUT2D eigenvalue weighted by Gasteiger charge is -2.14. The van der Waals surface area contributed by atoms with Crippen molar-refractivity contribution in [3.63, 3.8) is 0 Å². The Kier molecular flexibility index (Phi) is 7.22. The van der Waals surface area contributed by atoms with Gasteiger partial charge in [0.2, 0.25) is 0 Å². The number of nitrogens with one attached hydrogen (secondary N) is 1. The molecule has 0 bridgehead atoms. The first-order chi connectivity index (χ1) is 17.0. The molecule has 4 rings (SSSR count). The molecule has 0 radical (unpaired) electrons. The fourth-order valence-corrected chi connectivity index (χ4v) is 4.19. The average Bonchev–Trinajstić information content (AvgIpc) is 3.20. The number of alkyl carbamates (subject to hydrolysis) is 1. The molecule has 178 valence electrons. The Labute approximate surface area is 203 Å². The highest BCUT2D eigenvalue weighted by molar-refractivity contribution is 5.92. The minimum absolute atomic E-state index is 0.00701. The molecule has 1 amide bonds. The molecule has 0 aromatic heterocycles. The molecule has 0 spiro atoms. The smallest absolute Gasteiger partial charge is 0.407 e. The van der Waals surface area contributed by atoms with Crippen molar-refractivity contribution in [2.75, 3.05) is 27.4 Å². The van der Waals surface area contributed by atoms with Gasteiger partial charge in [-0.1, -0.05) is 60.4 Å². The lowest BCUT2D eigenvalue weighted by molar-refractivity contribution is 0.0696. The summed E-state index contributed by atoms with van der Waals surface area (Å²) in [7, 11) is 2.90. The third-order valence-electron chi connectivity index (χ3n) is 5.84. The molecule has 0 saturated carbocycles. The molecule has 7 nitrogen and oxygen atoms in total. The third kappa shape index (κ3) is 5.07. The fraction of sp³-hybridized carbons (Fsp3) is 0.214. The van der Waals surface area contributed by atoms with Gasteiger partial charge in [0, 0.05) is 30.5 Å². The van der Waals surface area contributed by atoms with Gasteiger partial charge in [-0.3, -0.25) is 0 Å². The van der Waals surface area contributed by atoms with Crippen LogP contribution in [-0.4, -0.2) is 44.5 Å². The van der Waals surface area contributed by atoms with Crippen LogP contribution in [0.25, 0.3) is 11.1 Å². The lowest BCUT2D eigenvalue weighted by Crippen LogP contribution is -2.26. The predicted molar refractivity (Wildman–Crippen MR) is 131 cm³/mol. The number of hydrogen-bond acceptors (Lipinski definition) is 5. The van der Waals surface area contributed by atoms with Crippen molar-refractivity contribution in [3.05, 3.63) is 82.9 Å². The molecule has 1 aliphatic rings. The summed E-state index contributed by atoms with van der Waals surface area (Å²) >= 11 is 0. The van der Waals surface area contributed by atoms with Crippen LogP contribution in [0.5, 0.6) is 11.5 Å². The maximum absolute atomic E-state index is 12.3. The van der Waals surface area contributed by atoms with E-state index in [2.05, 4.69) is 41.4 Å². The van der Waals surface area contributed by atoms with Crippen molar-refractivity contribution < 1.29 is 28.9 Å². The number of benzene rings is 3. The number of carboxylic acids is 1. The zero-order valence-corrected chi connectivity index (χ0v) is 19.5. The molecule has 1 aliphatic carbocycles. The maximum Gasteiger partial charge on any atom is 0.407 e. The number of carboxylic acid groups (broad SMARTS) is 1. The molecule has 0 heterocycles. The Bertz CT molecular complexity index is 1280. The number of hydrogen-bond donors (Lipinski definition) is 2. The van der Waals surface area contributed by atoms with Crippen LogP contribution in [-0.2, 0) is 4.74 Å². The Morgan fingerprint density at radius 3 is 2.14 bits per heavy atom. The van der Waals surface area contributed by atoms with E-state index in [1.54, 1.807) is 0 Å². The number of fused-ring (bicyclic) bond motifs is 3. The zero-order valence-electron chi connectivity index (χ0n) is 19.5. The summed E-state index contributed by atoms with van der Waals surface area (Å²) in [6, 6.07) is 19.2. The highest BCUT2D eigenvalue weighted by atomic mass is 16.5. The van der Waals surface area contributed by atoms with Crippen LogP contribution in [0.15, 0.2) is 60.7 Å². The molecule has 35 heavy (non-hydrogen) atoms. The van der Waals surface area contributed by atoms with Gasteiger partial charge >= 0.3 is 12.1 Å². The first-order valence-corrected chi connectivity index (χ1v) is 11.1. The average molecular weight is 472 g/mol. The molecule has 0 saturated heterocycles. The van der Waals surface area contributed by atoms with Gasteiger partial charge in [-0.05, 0) is 28.3 Å². The molecule has 7 heteroatoms. The Morgan fingerprint density at radius 1 is 0.943 bits per heavy atom. The Hall–Kier alpha value is -4.44. The quantitative estimate of drug-likeness (QED) is 0.384. The van der Waals surface area contributed by atoms with Crippen molar-refractivity contribution in [2.24, 2.45) is 0 Å². The summed E-state index contributed by atoms with van der Waals surface area (Å²) in [6.45, 7) is 0.499. The van der Waals surface area contributed by atoms with E-state index in [0.29, 0.717) is 23.5 Å². The van der Waals surface area contributed by atoms with Gasteiger partial charge in [0.1, 0.15) is 6.61 Å². The van der Waals surface area contributed by atoms with E-state index in [4.69, 9.17) is 14.2 Å². The fourth-order valence-electron chi connectivity index (χ4n) is 4.19. The number of carbonyl (C=O) groups is 2. The van der Waals surface area contributed by atoms with Crippen LogP contribution < -0.4 is 14.8 Å². The van der Waals surface area contributed by atoms with Crippen molar-refractivity contribution in [1.82, 2.24) is 5.32 Å². The van der Waals surface area contributed by atoms with Crippen LogP contribution in [0.4, 0.5) is 4.79 Å². The highest BCUT2D eigenvalue weighted by Crippen LogP contribution is 2.44. The summed E-state index contributed by atoms with van der Waals surface area (Å²) in [4.78, 5) is 23.8. The summed E-state index contributed by atoms with van der Waals surface area (Å²) in [5.41, 5.74) is 4.95. The minimum Gasteiger partial charge on any atom is -0.493 e. The summed E-state index contributed by atoms with van der Waals surface area (Å²) in [5.74, 6) is 5.29. The van der Waals surface area contributed by atoms with Crippen molar-refractivity contribution in [3.8, 4) is 34.5 Å². The van der Waals surface area contributed by atoms with Crippen molar-refractivity contribution in [1.29, 1.82) is 0 Å². The van der Waals surface area contributed by atoms with Gasteiger partial charge < -0.3 is 24.6 Å². The molecule has 3 aromatic carbocycles. The van der Waals surface area contributed by atoms with E-state index in [-0.39, 0.29) is 24.6 Å². The monoisotopic (exact) mass is 471 g/mol. The minimum atomic E-state index is -1.12. The molecule has 0 unspecified atom stereocenters. The molecule has 0 atom stereocenters. The maximum atomic E-state index is 12.3. The summed E-state index contributed by atoms with van der Waals surface area (Å²) < 4.78 is 15.9. The van der Waals surface area contributed by atoms with E-state index < -0.39 is 12.1 Å². The topological polar surface area (TPSA) is 94.1 Å². The Balaban J connectivity index is 1.33. The van der Waals surface area contributed by atoms with Gasteiger partial charge in [0.25, 0.3) is 0 Å². The summed E-state index contributed by atoms with van der Waals surface area (Å²) in [5, 5.41) is 12.2. The normalized spacial score (nSPS) is 11.5. The second-order valence-electron chi connectivity index (χ2n) is 7.86. The van der Waals surface area contributed by atoms with E-state index in [0.717, 1.165) is 11.1 Å². The second-order valence-corrected chi connectivity index (χ2v) is 7.86. The van der Waals surface area contributed by atoms with Crippen LogP contribution in [0.1, 0.15) is 39.4 Å². The van der Waals surface area contributed by atoms with Gasteiger partial charge in [-0.15, -0.1) is 0 Å². The molecule has 2 N–H and O–H groups in total. The van der Waals surface area contributed by atoms with E-state index >= 15 is 0 Å². The van der Waals surface area contributed by atoms with Crippen LogP contribution in [0, 0.1) is 11.8 Å². The summed E-state index contributed by atoms with van der Waals surface area (Å²) in [6.07, 6.45) is -0.205. The van der Waals surface area contributed by atoms with Crippen molar-refractivity contribution >= 4 is 12.1 Å². The van der Waals surface area contributed by atoms with Gasteiger partial charge in [-0.2, -0.15) is 0 Å². The lowest BCUT2D eigenvalue weighted by atomic mass is 9.98. The molecule has 0 aliphatic heterocycles. The van der Waals surface area contributed by atoms with Crippen molar-refractivity contribution in [2.45, 2.75) is 12.3 Å². The highest BCUT2D eigenvalue weighted by Gasteiger charge is 2.28. The van der Waals surface area contributed by atoms with Crippen LogP contribution in [0.3, 0.4) is 0 Å². The molecule has 3 aromatic rings. The second kappa shape index (κ2) is 10.7. The number of methoxy groups -OCH3 is 2. The third-order valence-corrected chi connectivity index (χ3v) is 5.84. The SMILES string of the molecule is COc1cc(C#CCCNC(=O)OCC2c3ccccc3-c3ccccc32)c(C(=O)O)cc1OC. The Morgan fingerprint density at radius 2 is 1.54 bits per heavy atom. The first kappa shape index (κ1) is 23.7. The number of rotatable bonds is 7. The standard InChI is InChI=1S/C28H25NO6/c1-33-25-15-18(23(27(30)31)16-26(25)34-2)9-7-8-14-29-28(32)35-17-24-21-12-5-3-10-19(21)20-11-4-6-13-22(20)24/h3-6,10-13,15-16,24H,8,14,17H2,1-2H3,(H,29,32)(H,30,31). The largest absolute Gasteiger partial charge is 0.493 e. The van der Waals surface area contributed by atoms with Gasteiger partial charge in [0.05, 0.1) is 19.8 Å². The first-order valence-electron chi connectivity index (χ1n) is 11.1. The zero-order chi connectivity index (χ0) is 24.8. The van der Waals surface area contributed by atoms with Gasteiger partial charge in [-0.25, -0.2) is 9.59 Å². The number of ether oxygens (including phenoxy) is 3. The van der Waals surface area contributed by atoms with Crippen LogP contribution in [0.2, 0.25) is 0 Å². The number of carbonyl (C=O) groups excluding carboxylic acids is 1. The number of amides is 1. The molecular weight excluding hydrogens is 446 g/mol. The predicted octanol–water partition coefficient (Wildman–Crippen LogP) is 4.68. The van der Waals surface area contributed by atoms with Gasteiger partial charge in [0.15, 0.2) is 11.5 Å². The van der Waals surface area contributed by atoms with E-state index in [1.165, 1.54) is 37.5 Å². The van der Waals surface area contributed by atoms with Crippen LogP contribution >= 0.6 is 0 Å². The molecule has 0 fully saturated rings. The van der Waals surface area contributed by atoms with E-state index in [1.807, 2.05) is 24.3 Å².